The second-order valence-corrected chi connectivity index (χ2v) is 2.73. The van der Waals surface area contributed by atoms with Gasteiger partial charge < -0.3 is 14.0 Å². The number of rotatable bonds is 3. The Bertz CT molecular complexity index is 314. The number of carbonyl (C=O) groups is 1. The van der Waals surface area contributed by atoms with Crippen LogP contribution in [-0.4, -0.2) is 25.2 Å². The molecule has 0 aromatic heterocycles. The smallest absolute Gasteiger partial charge is 0.465 e. The average Bonchev–Trinajstić information content (AvgIpc) is 2.27. The number of halogens is 1. The van der Waals surface area contributed by atoms with Crippen molar-refractivity contribution >= 4 is 30.4 Å². The maximum Gasteiger partial charge on any atom is 0.508 e. The third-order valence-corrected chi connectivity index (χ3v) is 1.87. The van der Waals surface area contributed by atoms with Gasteiger partial charge in [-0.15, -0.1) is 0 Å². The van der Waals surface area contributed by atoms with Gasteiger partial charge in [0.05, 0.1) is 12.7 Å². The summed E-state index contributed by atoms with van der Waals surface area (Å²) in [6.45, 7) is 0. The van der Waals surface area contributed by atoms with E-state index in [1.807, 2.05) is 0 Å². The SMILES string of the molecule is COC(=O)c1ccc(B(O)OCl)cc1. The van der Waals surface area contributed by atoms with E-state index in [4.69, 9.17) is 16.9 Å². The van der Waals surface area contributed by atoms with Crippen molar-refractivity contribution in [2.45, 2.75) is 0 Å². The fourth-order valence-electron chi connectivity index (χ4n) is 0.953. The van der Waals surface area contributed by atoms with Gasteiger partial charge in [-0.05, 0) is 17.6 Å². The molecule has 0 aliphatic rings. The Balaban J connectivity index is 2.83. The van der Waals surface area contributed by atoms with Gasteiger partial charge in [-0.1, -0.05) is 12.1 Å². The number of benzene rings is 1. The first kappa shape index (κ1) is 11.0. The van der Waals surface area contributed by atoms with Gasteiger partial charge in [-0.3, -0.25) is 0 Å². The third kappa shape index (κ3) is 2.48. The lowest BCUT2D eigenvalue weighted by Crippen LogP contribution is -2.30. The highest BCUT2D eigenvalue weighted by atomic mass is 35.5. The fourth-order valence-corrected chi connectivity index (χ4v) is 1.06. The second-order valence-electron chi connectivity index (χ2n) is 2.56. The number of carbonyl (C=O) groups excluding carboxylic acids is 1. The average molecular weight is 214 g/mol. The minimum absolute atomic E-state index is 0.401. The van der Waals surface area contributed by atoms with Gasteiger partial charge in [0.15, 0.2) is 0 Å². The summed E-state index contributed by atoms with van der Waals surface area (Å²) in [4.78, 5) is 11.0. The van der Waals surface area contributed by atoms with E-state index in [0.717, 1.165) is 0 Å². The van der Waals surface area contributed by atoms with Gasteiger partial charge in [0.2, 0.25) is 0 Å². The minimum Gasteiger partial charge on any atom is -0.465 e. The Morgan fingerprint density at radius 1 is 1.43 bits per heavy atom. The van der Waals surface area contributed by atoms with E-state index in [1.165, 1.54) is 31.4 Å². The highest BCUT2D eigenvalue weighted by molar-refractivity contribution is 6.63. The van der Waals surface area contributed by atoms with Crippen molar-refractivity contribution in [2.24, 2.45) is 0 Å². The first-order chi connectivity index (χ1) is 6.69. The van der Waals surface area contributed by atoms with Crippen LogP contribution in [0.3, 0.4) is 0 Å². The van der Waals surface area contributed by atoms with Crippen LogP contribution >= 0.6 is 11.9 Å². The summed E-state index contributed by atoms with van der Waals surface area (Å²) in [6.07, 6.45) is 0. The molecule has 0 aliphatic carbocycles. The molecular formula is C8H8BClO4. The topological polar surface area (TPSA) is 55.8 Å². The van der Waals surface area contributed by atoms with Crippen LogP contribution in [-0.2, 0) is 8.94 Å². The van der Waals surface area contributed by atoms with E-state index in [1.54, 1.807) is 0 Å². The molecule has 0 radical (unpaired) electrons. The summed E-state index contributed by atoms with van der Waals surface area (Å²) in [5.41, 5.74) is 0.866. The molecule has 6 heteroatoms. The van der Waals surface area contributed by atoms with E-state index in [-0.39, 0.29) is 0 Å². The van der Waals surface area contributed by atoms with Crippen molar-refractivity contribution < 1.29 is 18.8 Å². The Labute approximate surface area is 86.7 Å². The summed E-state index contributed by atoms with van der Waals surface area (Å²) >= 11 is 4.97. The van der Waals surface area contributed by atoms with E-state index in [9.17, 15) is 4.79 Å². The summed E-state index contributed by atoms with van der Waals surface area (Å²) in [7, 11) is 0.107. The molecule has 1 aromatic carbocycles. The lowest BCUT2D eigenvalue weighted by atomic mass is 9.80. The number of esters is 1. The largest absolute Gasteiger partial charge is 0.508 e. The molecule has 0 spiro atoms. The van der Waals surface area contributed by atoms with Gasteiger partial charge >= 0.3 is 13.1 Å². The molecule has 14 heavy (non-hydrogen) atoms. The quantitative estimate of drug-likeness (QED) is 0.582. The van der Waals surface area contributed by atoms with E-state index in [0.29, 0.717) is 11.0 Å². The predicted octanol–water partition coefficient (Wildman–Crippen LogP) is 0.331. The Morgan fingerprint density at radius 3 is 2.43 bits per heavy atom. The van der Waals surface area contributed by atoms with E-state index < -0.39 is 13.1 Å². The molecule has 4 nitrogen and oxygen atoms in total. The summed E-state index contributed by atoms with van der Waals surface area (Å²) in [6, 6.07) is 6.08. The molecule has 0 atom stereocenters. The van der Waals surface area contributed by atoms with Gasteiger partial charge in [0, 0.05) is 11.9 Å². The molecular weight excluding hydrogens is 206 g/mol. The summed E-state index contributed by atoms with van der Waals surface area (Å²) in [5.74, 6) is -0.433. The zero-order chi connectivity index (χ0) is 10.6. The molecule has 0 bridgehead atoms. The normalized spacial score (nSPS) is 9.64. The van der Waals surface area contributed by atoms with Gasteiger partial charge in [-0.2, -0.15) is 0 Å². The van der Waals surface area contributed by atoms with Crippen LogP contribution in [0.15, 0.2) is 24.3 Å². The van der Waals surface area contributed by atoms with Crippen LogP contribution in [0.4, 0.5) is 0 Å². The van der Waals surface area contributed by atoms with Crippen LogP contribution in [0, 0.1) is 0 Å². The maximum absolute atomic E-state index is 11.0. The number of ether oxygens (including phenoxy) is 1. The molecule has 0 aliphatic heterocycles. The van der Waals surface area contributed by atoms with Crippen molar-refractivity contribution in [1.29, 1.82) is 0 Å². The van der Waals surface area contributed by atoms with Crippen molar-refractivity contribution in [3.8, 4) is 0 Å². The molecule has 0 saturated carbocycles. The first-order valence-corrected chi connectivity index (χ1v) is 4.13. The molecule has 0 saturated heterocycles. The van der Waals surface area contributed by atoms with Gasteiger partial charge in [0.1, 0.15) is 0 Å². The molecule has 0 fully saturated rings. The number of hydrogen-bond acceptors (Lipinski definition) is 4. The van der Waals surface area contributed by atoms with Crippen LogP contribution in [0.25, 0.3) is 0 Å². The van der Waals surface area contributed by atoms with Crippen LogP contribution in [0.2, 0.25) is 0 Å². The maximum atomic E-state index is 11.0. The molecule has 1 N–H and O–H groups in total. The highest BCUT2D eigenvalue weighted by Crippen LogP contribution is 2.00. The zero-order valence-electron chi connectivity index (χ0n) is 7.44. The Hall–Kier alpha value is -1.04. The standard InChI is InChI=1S/C8H8BClO4/c1-13-8(11)6-2-4-7(5-3-6)9(12)14-10/h2-5,12H,1H3. The monoisotopic (exact) mass is 214 g/mol. The number of hydrogen-bond donors (Lipinski definition) is 1. The zero-order valence-corrected chi connectivity index (χ0v) is 8.19. The lowest BCUT2D eigenvalue weighted by Gasteiger charge is -2.02. The Kier molecular flexibility index (Phi) is 3.94. The summed E-state index contributed by atoms with van der Waals surface area (Å²) < 4.78 is 8.68. The summed E-state index contributed by atoms with van der Waals surface area (Å²) in [5, 5.41) is 9.15. The third-order valence-electron chi connectivity index (χ3n) is 1.70. The minimum atomic E-state index is -1.19. The Morgan fingerprint density at radius 2 is 2.00 bits per heavy atom. The fraction of sp³-hybridized carbons (Fsp3) is 0.125. The van der Waals surface area contributed by atoms with Gasteiger partial charge in [-0.25, -0.2) is 4.79 Å². The molecule has 74 valence electrons. The van der Waals surface area contributed by atoms with Gasteiger partial charge in [0.25, 0.3) is 0 Å². The lowest BCUT2D eigenvalue weighted by molar-refractivity contribution is 0.0601. The van der Waals surface area contributed by atoms with E-state index >= 15 is 0 Å². The van der Waals surface area contributed by atoms with Crippen molar-refractivity contribution in [3.63, 3.8) is 0 Å². The van der Waals surface area contributed by atoms with Crippen LogP contribution in [0.1, 0.15) is 10.4 Å². The highest BCUT2D eigenvalue weighted by Gasteiger charge is 2.16. The molecule has 1 aromatic rings. The van der Waals surface area contributed by atoms with Crippen LogP contribution < -0.4 is 5.46 Å². The van der Waals surface area contributed by atoms with Crippen molar-refractivity contribution in [1.82, 2.24) is 0 Å². The molecule has 0 amide bonds. The predicted molar refractivity (Wildman–Crippen MR) is 52.3 cm³/mol. The first-order valence-electron chi connectivity index (χ1n) is 3.82. The van der Waals surface area contributed by atoms with Crippen LogP contribution in [0.5, 0.6) is 0 Å². The number of methoxy groups -OCH3 is 1. The molecule has 0 heterocycles. The van der Waals surface area contributed by atoms with E-state index in [2.05, 4.69) is 8.94 Å². The van der Waals surface area contributed by atoms with Crippen molar-refractivity contribution in [2.75, 3.05) is 7.11 Å². The molecule has 0 unspecified atom stereocenters. The van der Waals surface area contributed by atoms with Crippen molar-refractivity contribution in [3.05, 3.63) is 29.8 Å². The second kappa shape index (κ2) is 5.00. The molecule has 1 rings (SSSR count).